The Bertz CT molecular complexity index is 853. The molecule has 0 spiro atoms. The number of methoxy groups -OCH3 is 1. The molecule has 0 aliphatic rings. The molecule has 2 N–H and O–H groups in total. The van der Waals surface area contributed by atoms with Gasteiger partial charge in [0, 0.05) is 24.3 Å². The Morgan fingerprint density at radius 1 is 1.32 bits per heavy atom. The predicted molar refractivity (Wildman–Crippen MR) is 84.5 cm³/mol. The molecule has 0 amide bonds. The SMILES string of the molecule is COCCn1nc(Nc2cc(C)[nH]n2)c2ccccc2c1=O. The van der Waals surface area contributed by atoms with Crippen molar-refractivity contribution in [1.29, 1.82) is 0 Å². The zero-order chi connectivity index (χ0) is 15.5. The van der Waals surface area contributed by atoms with Gasteiger partial charge in [0.05, 0.1) is 18.5 Å². The lowest BCUT2D eigenvalue weighted by atomic mass is 10.2. The summed E-state index contributed by atoms with van der Waals surface area (Å²) in [6, 6.07) is 9.26. The van der Waals surface area contributed by atoms with Crippen LogP contribution in [0.3, 0.4) is 0 Å². The highest BCUT2D eigenvalue weighted by Crippen LogP contribution is 2.21. The van der Waals surface area contributed by atoms with Crippen LogP contribution in [-0.4, -0.2) is 33.7 Å². The lowest BCUT2D eigenvalue weighted by molar-refractivity contribution is 0.182. The van der Waals surface area contributed by atoms with Gasteiger partial charge in [0.25, 0.3) is 5.56 Å². The second-order valence-corrected chi connectivity index (χ2v) is 4.98. The molecular formula is C15H17N5O2. The molecule has 2 heterocycles. The van der Waals surface area contributed by atoms with E-state index in [1.54, 1.807) is 13.2 Å². The number of hydrogen-bond acceptors (Lipinski definition) is 5. The topological polar surface area (TPSA) is 84.8 Å². The molecule has 2 aromatic heterocycles. The van der Waals surface area contributed by atoms with Crippen LogP contribution in [0, 0.1) is 6.92 Å². The smallest absolute Gasteiger partial charge is 0.274 e. The number of aryl methyl sites for hydroxylation is 1. The Morgan fingerprint density at radius 3 is 2.77 bits per heavy atom. The minimum absolute atomic E-state index is 0.128. The van der Waals surface area contributed by atoms with Gasteiger partial charge in [0.15, 0.2) is 11.6 Å². The van der Waals surface area contributed by atoms with Crippen LogP contribution in [0.15, 0.2) is 35.1 Å². The lowest BCUT2D eigenvalue weighted by Gasteiger charge is -2.11. The van der Waals surface area contributed by atoms with E-state index in [-0.39, 0.29) is 5.56 Å². The maximum atomic E-state index is 12.4. The highest BCUT2D eigenvalue weighted by atomic mass is 16.5. The third-order valence-electron chi connectivity index (χ3n) is 3.33. The quantitative estimate of drug-likeness (QED) is 0.750. The molecule has 0 atom stereocenters. The predicted octanol–water partition coefficient (Wildman–Crippen LogP) is 1.82. The van der Waals surface area contributed by atoms with E-state index in [9.17, 15) is 4.79 Å². The molecule has 7 nitrogen and oxygen atoms in total. The van der Waals surface area contributed by atoms with Crippen molar-refractivity contribution >= 4 is 22.4 Å². The van der Waals surface area contributed by atoms with E-state index < -0.39 is 0 Å². The summed E-state index contributed by atoms with van der Waals surface area (Å²) in [4.78, 5) is 12.4. The molecule has 0 radical (unpaired) electrons. The van der Waals surface area contributed by atoms with Crippen LogP contribution < -0.4 is 10.9 Å². The first-order valence-corrected chi connectivity index (χ1v) is 6.97. The number of anilines is 2. The van der Waals surface area contributed by atoms with Crippen molar-refractivity contribution in [2.45, 2.75) is 13.5 Å². The minimum atomic E-state index is -0.128. The zero-order valence-electron chi connectivity index (χ0n) is 12.5. The van der Waals surface area contributed by atoms with Crippen molar-refractivity contribution in [3.8, 4) is 0 Å². The number of nitrogens with one attached hydrogen (secondary N) is 2. The van der Waals surface area contributed by atoms with Gasteiger partial charge in [-0.1, -0.05) is 18.2 Å². The van der Waals surface area contributed by atoms with Crippen LogP contribution in [-0.2, 0) is 11.3 Å². The molecule has 3 aromatic rings. The molecule has 0 fully saturated rings. The summed E-state index contributed by atoms with van der Waals surface area (Å²) in [6.07, 6.45) is 0. The molecule has 0 aliphatic carbocycles. The summed E-state index contributed by atoms with van der Waals surface area (Å²) >= 11 is 0. The molecule has 3 rings (SSSR count). The van der Waals surface area contributed by atoms with Crippen LogP contribution in [0.25, 0.3) is 10.8 Å². The molecule has 1 aromatic carbocycles. The summed E-state index contributed by atoms with van der Waals surface area (Å²) in [5.41, 5.74) is 0.816. The molecular weight excluding hydrogens is 282 g/mol. The third-order valence-corrected chi connectivity index (χ3v) is 3.33. The van der Waals surface area contributed by atoms with Crippen molar-refractivity contribution in [3.05, 3.63) is 46.4 Å². The first kappa shape index (κ1) is 14.3. The lowest BCUT2D eigenvalue weighted by Crippen LogP contribution is -2.26. The standard InChI is InChI=1S/C15H17N5O2/c1-10-9-13(18-17-10)16-14-11-5-3-4-6-12(11)15(21)20(19-14)7-8-22-2/h3-6,9H,7-8H2,1-2H3,(H2,16,17,18,19). The highest BCUT2D eigenvalue weighted by Gasteiger charge is 2.11. The monoisotopic (exact) mass is 299 g/mol. The maximum absolute atomic E-state index is 12.4. The van der Waals surface area contributed by atoms with Crippen LogP contribution in [0.5, 0.6) is 0 Å². The zero-order valence-corrected chi connectivity index (χ0v) is 12.5. The van der Waals surface area contributed by atoms with Gasteiger partial charge in [-0.05, 0) is 13.0 Å². The first-order chi connectivity index (χ1) is 10.7. The number of H-pyrrole nitrogens is 1. The Hall–Kier alpha value is -2.67. The second-order valence-electron chi connectivity index (χ2n) is 4.98. The summed E-state index contributed by atoms with van der Waals surface area (Å²) in [6.45, 7) is 2.74. The van der Waals surface area contributed by atoms with E-state index in [4.69, 9.17) is 4.74 Å². The van der Waals surface area contributed by atoms with E-state index in [0.29, 0.717) is 30.2 Å². The van der Waals surface area contributed by atoms with Gasteiger partial charge in [-0.15, -0.1) is 0 Å². The Balaban J connectivity index is 2.10. The van der Waals surface area contributed by atoms with Crippen molar-refractivity contribution in [2.24, 2.45) is 0 Å². The minimum Gasteiger partial charge on any atom is -0.383 e. The second kappa shape index (κ2) is 5.98. The molecule has 114 valence electrons. The Kier molecular flexibility index (Phi) is 3.88. The van der Waals surface area contributed by atoms with Gasteiger partial charge in [0.2, 0.25) is 0 Å². The number of hydrogen-bond donors (Lipinski definition) is 2. The maximum Gasteiger partial charge on any atom is 0.274 e. The number of ether oxygens (including phenoxy) is 1. The molecule has 0 saturated carbocycles. The average Bonchev–Trinajstić information content (AvgIpc) is 2.94. The van der Waals surface area contributed by atoms with Gasteiger partial charge in [-0.3, -0.25) is 9.89 Å². The van der Waals surface area contributed by atoms with Crippen LogP contribution in [0.2, 0.25) is 0 Å². The van der Waals surface area contributed by atoms with Crippen LogP contribution >= 0.6 is 0 Å². The van der Waals surface area contributed by atoms with Crippen molar-refractivity contribution in [3.63, 3.8) is 0 Å². The summed E-state index contributed by atoms with van der Waals surface area (Å²) in [5, 5.41) is 16.0. The highest BCUT2D eigenvalue weighted by molar-refractivity contribution is 5.92. The normalized spacial score (nSPS) is 11.0. The van der Waals surface area contributed by atoms with Crippen molar-refractivity contribution in [1.82, 2.24) is 20.0 Å². The number of aromatic amines is 1. The number of fused-ring (bicyclic) bond motifs is 1. The van der Waals surface area contributed by atoms with E-state index in [1.807, 2.05) is 31.2 Å². The number of benzene rings is 1. The van der Waals surface area contributed by atoms with Crippen LogP contribution in [0.4, 0.5) is 11.6 Å². The number of aromatic nitrogens is 4. The third kappa shape index (κ3) is 2.71. The summed E-state index contributed by atoms with van der Waals surface area (Å²) in [5.74, 6) is 1.25. The average molecular weight is 299 g/mol. The van der Waals surface area contributed by atoms with E-state index in [2.05, 4.69) is 20.6 Å². The molecule has 0 unspecified atom stereocenters. The number of rotatable bonds is 5. The van der Waals surface area contributed by atoms with Gasteiger partial charge < -0.3 is 10.1 Å². The molecule has 7 heteroatoms. The largest absolute Gasteiger partial charge is 0.383 e. The van der Waals surface area contributed by atoms with Crippen LogP contribution in [0.1, 0.15) is 5.69 Å². The van der Waals surface area contributed by atoms with Crippen molar-refractivity contribution < 1.29 is 4.74 Å². The Labute approximate surface area is 126 Å². The van der Waals surface area contributed by atoms with Gasteiger partial charge in [-0.25, -0.2) is 4.68 Å². The summed E-state index contributed by atoms with van der Waals surface area (Å²) in [7, 11) is 1.59. The fourth-order valence-electron chi connectivity index (χ4n) is 2.26. The molecule has 0 aliphatic heterocycles. The number of nitrogens with zero attached hydrogens (tertiary/aromatic N) is 3. The van der Waals surface area contributed by atoms with E-state index in [0.717, 1.165) is 11.1 Å². The molecule has 0 saturated heterocycles. The fraction of sp³-hybridized carbons (Fsp3) is 0.267. The fourth-order valence-corrected chi connectivity index (χ4v) is 2.26. The van der Waals surface area contributed by atoms with Gasteiger partial charge in [-0.2, -0.15) is 10.2 Å². The molecule has 0 bridgehead atoms. The van der Waals surface area contributed by atoms with E-state index in [1.165, 1.54) is 4.68 Å². The molecule has 22 heavy (non-hydrogen) atoms. The van der Waals surface area contributed by atoms with Gasteiger partial charge >= 0.3 is 0 Å². The van der Waals surface area contributed by atoms with Crippen molar-refractivity contribution in [2.75, 3.05) is 19.0 Å². The Morgan fingerprint density at radius 2 is 2.09 bits per heavy atom. The summed E-state index contributed by atoms with van der Waals surface area (Å²) < 4.78 is 6.45. The van der Waals surface area contributed by atoms with Gasteiger partial charge in [0.1, 0.15) is 0 Å². The first-order valence-electron chi connectivity index (χ1n) is 6.97. The van der Waals surface area contributed by atoms with E-state index >= 15 is 0 Å².